The highest BCUT2D eigenvalue weighted by atomic mass is 16.2. The van der Waals surface area contributed by atoms with Crippen LogP contribution in [0.25, 0.3) is 16.7 Å². The van der Waals surface area contributed by atoms with Crippen LogP contribution in [-0.4, -0.2) is 57.0 Å². The van der Waals surface area contributed by atoms with Gasteiger partial charge in [0.2, 0.25) is 0 Å². The molecule has 1 amide bonds. The maximum Gasteiger partial charge on any atom is 0.257 e. The van der Waals surface area contributed by atoms with E-state index in [9.17, 15) is 9.59 Å². The Hall–Kier alpha value is -3.91. The number of nitrogens with zero attached hydrogens (tertiary/aromatic N) is 5. The number of pyridine rings is 2. The first-order valence-electron chi connectivity index (χ1n) is 12.7. The number of carbonyl (C=O) groups excluding carboxylic acids is 1. The Balaban J connectivity index is 1.34. The standard InChI is InChI=1S/C29H34N6O2/c1-19(34-14-10-21(11-15-34)20-5-7-22(8-6-20)29(37)32(2)3)26-18-24-25(9-13-31-28(24)33(26)4)35-16-12-23(30)17-27(35)36/h5-9,12-13,16-19,21H,10-11,14-15,30H2,1-4H3/t19-/m1/s1. The lowest BCUT2D eigenvalue weighted by Gasteiger charge is -2.36. The SMILES string of the molecule is C[C@H](c1cc2c(-n3ccc(N)cc3=O)ccnc2n1C)N1CCC(c2ccc(C(=O)N(C)C)cc2)CC1. The number of piperidine rings is 1. The number of anilines is 1. The molecule has 8 nitrogen and oxygen atoms in total. The third-order valence-electron chi connectivity index (χ3n) is 7.69. The van der Waals surface area contributed by atoms with Gasteiger partial charge in [-0.15, -0.1) is 0 Å². The number of amides is 1. The monoisotopic (exact) mass is 498 g/mol. The van der Waals surface area contributed by atoms with E-state index in [4.69, 9.17) is 5.73 Å². The van der Waals surface area contributed by atoms with Crippen LogP contribution >= 0.6 is 0 Å². The van der Waals surface area contributed by atoms with Crippen LogP contribution in [0.3, 0.4) is 0 Å². The van der Waals surface area contributed by atoms with Crippen molar-refractivity contribution in [3.8, 4) is 5.69 Å². The number of nitrogen functional groups attached to an aromatic ring is 1. The van der Waals surface area contributed by atoms with Crippen molar-refractivity contribution >= 4 is 22.6 Å². The number of nitrogens with two attached hydrogens (primary N) is 1. The van der Waals surface area contributed by atoms with Gasteiger partial charge in [-0.1, -0.05) is 12.1 Å². The first-order valence-corrected chi connectivity index (χ1v) is 12.7. The van der Waals surface area contributed by atoms with E-state index in [1.807, 2.05) is 25.2 Å². The number of carbonyl (C=O) groups is 1. The predicted molar refractivity (Wildman–Crippen MR) is 147 cm³/mol. The van der Waals surface area contributed by atoms with E-state index in [2.05, 4.69) is 39.6 Å². The van der Waals surface area contributed by atoms with Gasteiger partial charge < -0.3 is 15.2 Å². The number of hydrogen-bond acceptors (Lipinski definition) is 5. The highest BCUT2D eigenvalue weighted by Crippen LogP contribution is 2.34. The molecule has 4 heterocycles. The molecule has 1 aliphatic heterocycles. The van der Waals surface area contributed by atoms with Crippen molar-refractivity contribution in [3.63, 3.8) is 0 Å². The molecule has 0 spiro atoms. The van der Waals surface area contributed by atoms with Crippen LogP contribution in [0.5, 0.6) is 0 Å². The number of benzene rings is 1. The van der Waals surface area contributed by atoms with Gasteiger partial charge in [0.15, 0.2) is 0 Å². The van der Waals surface area contributed by atoms with Gasteiger partial charge in [0.1, 0.15) is 5.65 Å². The number of aryl methyl sites for hydroxylation is 1. The van der Waals surface area contributed by atoms with Gasteiger partial charge in [0, 0.05) is 68.0 Å². The number of fused-ring (bicyclic) bond motifs is 1. The summed E-state index contributed by atoms with van der Waals surface area (Å²) in [5.41, 5.74) is 10.9. The van der Waals surface area contributed by atoms with Crippen LogP contribution in [0.4, 0.5) is 5.69 Å². The fourth-order valence-corrected chi connectivity index (χ4v) is 5.49. The zero-order valence-corrected chi connectivity index (χ0v) is 21.9. The van der Waals surface area contributed by atoms with Gasteiger partial charge in [-0.05, 0) is 74.7 Å². The molecule has 2 N–H and O–H groups in total. The normalized spacial score (nSPS) is 15.7. The average molecular weight is 499 g/mol. The molecule has 192 valence electrons. The predicted octanol–water partition coefficient (Wildman–Crippen LogP) is 3.95. The average Bonchev–Trinajstić information content (AvgIpc) is 3.24. The van der Waals surface area contributed by atoms with Crippen molar-refractivity contribution in [1.82, 2.24) is 23.9 Å². The summed E-state index contributed by atoms with van der Waals surface area (Å²) in [4.78, 5) is 33.6. The topological polar surface area (TPSA) is 89.4 Å². The number of hydrogen-bond donors (Lipinski definition) is 1. The van der Waals surface area contributed by atoms with Gasteiger partial charge in [-0.3, -0.25) is 19.1 Å². The largest absolute Gasteiger partial charge is 0.399 e. The molecule has 0 saturated carbocycles. The number of likely N-dealkylation sites (tertiary alicyclic amines) is 1. The molecule has 37 heavy (non-hydrogen) atoms. The van der Waals surface area contributed by atoms with Crippen molar-refractivity contribution in [2.45, 2.75) is 31.7 Å². The Morgan fingerprint density at radius 2 is 1.78 bits per heavy atom. The van der Waals surface area contributed by atoms with Crippen LogP contribution in [0.2, 0.25) is 0 Å². The van der Waals surface area contributed by atoms with E-state index in [0.717, 1.165) is 48.2 Å². The molecular formula is C29H34N6O2. The minimum absolute atomic E-state index is 0.0315. The highest BCUT2D eigenvalue weighted by molar-refractivity contribution is 5.93. The molecule has 0 aliphatic carbocycles. The first-order chi connectivity index (χ1) is 17.7. The smallest absolute Gasteiger partial charge is 0.257 e. The number of aromatic nitrogens is 3. The van der Waals surface area contributed by atoms with Crippen LogP contribution in [-0.2, 0) is 7.05 Å². The quantitative estimate of drug-likeness (QED) is 0.450. The maximum absolute atomic E-state index is 12.6. The van der Waals surface area contributed by atoms with Crippen LogP contribution in [0.1, 0.15) is 53.3 Å². The molecule has 0 unspecified atom stereocenters. The molecule has 5 rings (SSSR count). The first kappa shape index (κ1) is 24.8. The van der Waals surface area contributed by atoms with Gasteiger partial charge in [-0.25, -0.2) is 4.98 Å². The summed E-state index contributed by atoms with van der Waals surface area (Å²) in [7, 11) is 5.59. The van der Waals surface area contributed by atoms with Crippen LogP contribution in [0.15, 0.2) is 65.7 Å². The zero-order valence-electron chi connectivity index (χ0n) is 21.9. The molecule has 0 radical (unpaired) electrons. The highest BCUT2D eigenvalue weighted by Gasteiger charge is 2.27. The molecule has 0 bridgehead atoms. The Morgan fingerprint density at radius 1 is 1.08 bits per heavy atom. The van der Waals surface area contributed by atoms with Crippen molar-refractivity contribution in [2.75, 3.05) is 32.9 Å². The van der Waals surface area contributed by atoms with E-state index in [0.29, 0.717) is 11.6 Å². The van der Waals surface area contributed by atoms with Crippen LogP contribution in [0, 0.1) is 0 Å². The van der Waals surface area contributed by atoms with Gasteiger partial charge in [-0.2, -0.15) is 0 Å². The van der Waals surface area contributed by atoms with E-state index < -0.39 is 0 Å². The van der Waals surface area contributed by atoms with Crippen molar-refractivity contribution in [1.29, 1.82) is 0 Å². The summed E-state index contributed by atoms with van der Waals surface area (Å²) < 4.78 is 3.76. The lowest BCUT2D eigenvalue weighted by atomic mass is 9.88. The molecule has 1 atom stereocenters. The summed E-state index contributed by atoms with van der Waals surface area (Å²) in [5, 5.41) is 0.945. The number of rotatable bonds is 5. The van der Waals surface area contributed by atoms with E-state index in [1.54, 1.807) is 42.0 Å². The van der Waals surface area contributed by atoms with Crippen molar-refractivity contribution in [2.24, 2.45) is 7.05 Å². The summed E-state index contributed by atoms with van der Waals surface area (Å²) >= 11 is 0. The lowest BCUT2D eigenvalue weighted by Crippen LogP contribution is -2.35. The Kier molecular flexibility index (Phi) is 6.60. The Labute approximate surface area is 216 Å². The second-order valence-corrected chi connectivity index (χ2v) is 10.2. The third kappa shape index (κ3) is 4.64. The zero-order chi connectivity index (χ0) is 26.3. The van der Waals surface area contributed by atoms with Gasteiger partial charge >= 0.3 is 0 Å². The molecule has 1 aliphatic rings. The Morgan fingerprint density at radius 3 is 2.43 bits per heavy atom. The lowest BCUT2D eigenvalue weighted by molar-refractivity contribution is 0.0827. The molecule has 4 aromatic rings. The second kappa shape index (κ2) is 9.86. The van der Waals surface area contributed by atoms with E-state index >= 15 is 0 Å². The maximum atomic E-state index is 12.6. The summed E-state index contributed by atoms with van der Waals surface area (Å²) in [6.07, 6.45) is 5.60. The fraction of sp³-hybridized carbons (Fsp3) is 0.345. The molecular weight excluding hydrogens is 464 g/mol. The molecule has 1 saturated heterocycles. The minimum Gasteiger partial charge on any atom is -0.399 e. The summed E-state index contributed by atoms with van der Waals surface area (Å²) in [5.74, 6) is 0.522. The van der Waals surface area contributed by atoms with Crippen molar-refractivity contribution < 1.29 is 4.79 Å². The van der Waals surface area contributed by atoms with Gasteiger partial charge in [0.25, 0.3) is 11.5 Å². The van der Waals surface area contributed by atoms with Crippen LogP contribution < -0.4 is 11.3 Å². The Bertz CT molecular complexity index is 1490. The third-order valence-corrected chi connectivity index (χ3v) is 7.69. The molecule has 3 aromatic heterocycles. The summed E-state index contributed by atoms with van der Waals surface area (Å²) in [6.45, 7) is 4.22. The van der Waals surface area contributed by atoms with Gasteiger partial charge in [0.05, 0.1) is 5.69 Å². The minimum atomic E-state index is -0.160. The molecule has 1 fully saturated rings. The van der Waals surface area contributed by atoms with Crippen molar-refractivity contribution in [3.05, 3.63) is 88.1 Å². The fourth-order valence-electron chi connectivity index (χ4n) is 5.49. The second-order valence-electron chi connectivity index (χ2n) is 10.2. The molecule has 1 aromatic carbocycles. The van der Waals surface area contributed by atoms with E-state index in [1.165, 1.54) is 17.3 Å². The summed E-state index contributed by atoms with van der Waals surface area (Å²) in [6, 6.07) is 15.5. The molecule has 8 heteroatoms. The van der Waals surface area contributed by atoms with E-state index in [-0.39, 0.29) is 17.5 Å².